The number of hydrogen-bond donors (Lipinski definition) is 2. The van der Waals surface area contributed by atoms with E-state index in [4.69, 9.17) is 5.11 Å². The molecule has 4 heteroatoms. The first-order valence-corrected chi connectivity index (χ1v) is 3.56. The Morgan fingerprint density at radius 3 is 2.23 bits per heavy atom. The fourth-order valence-corrected chi connectivity index (χ4v) is 1.04. The standard InChI is InChI=1S/C9H10O3.Na.H/c1-5-6(2)8(10)4-3-7(5)9(11)12;;/h3-4,10H,1-2H3,(H,11,12);;. The van der Waals surface area contributed by atoms with Gasteiger partial charge in [-0.1, -0.05) is 0 Å². The number of phenols is 1. The first-order valence-electron chi connectivity index (χ1n) is 3.56. The molecule has 1 rings (SSSR count). The summed E-state index contributed by atoms with van der Waals surface area (Å²) in [6, 6.07) is 2.80. The van der Waals surface area contributed by atoms with Gasteiger partial charge in [-0.2, -0.15) is 0 Å². The Morgan fingerprint density at radius 2 is 1.77 bits per heavy atom. The van der Waals surface area contributed by atoms with E-state index in [-0.39, 0.29) is 40.9 Å². The predicted molar refractivity (Wildman–Crippen MR) is 51.7 cm³/mol. The minimum atomic E-state index is -0.962. The van der Waals surface area contributed by atoms with E-state index in [0.717, 1.165) is 0 Å². The first kappa shape index (κ1) is 12.5. The van der Waals surface area contributed by atoms with Crippen LogP contribution in [0.25, 0.3) is 0 Å². The van der Waals surface area contributed by atoms with Crippen LogP contribution in [0.15, 0.2) is 12.1 Å². The number of carbonyl (C=O) groups is 1. The summed E-state index contributed by atoms with van der Waals surface area (Å²) in [4.78, 5) is 10.6. The molecule has 0 saturated carbocycles. The molecule has 0 aliphatic heterocycles. The second kappa shape index (κ2) is 4.65. The zero-order valence-corrected chi connectivity index (χ0v) is 6.96. The molecule has 0 amide bonds. The van der Waals surface area contributed by atoms with Crippen molar-refractivity contribution in [1.29, 1.82) is 0 Å². The van der Waals surface area contributed by atoms with E-state index in [1.807, 2.05) is 0 Å². The van der Waals surface area contributed by atoms with Crippen molar-refractivity contribution < 1.29 is 15.0 Å². The van der Waals surface area contributed by atoms with Gasteiger partial charge in [0.05, 0.1) is 5.56 Å². The van der Waals surface area contributed by atoms with Crippen molar-refractivity contribution in [2.24, 2.45) is 0 Å². The minimum absolute atomic E-state index is 0. The van der Waals surface area contributed by atoms with Crippen molar-refractivity contribution in [1.82, 2.24) is 0 Å². The molecule has 1 aromatic carbocycles. The summed E-state index contributed by atoms with van der Waals surface area (Å²) in [5.74, 6) is -0.826. The fourth-order valence-electron chi connectivity index (χ4n) is 1.04. The van der Waals surface area contributed by atoms with E-state index in [2.05, 4.69) is 0 Å². The van der Waals surface area contributed by atoms with Crippen LogP contribution < -0.4 is 0 Å². The van der Waals surface area contributed by atoms with Crippen LogP contribution in [-0.4, -0.2) is 45.7 Å². The zero-order chi connectivity index (χ0) is 9.30. The molecular weight excluding hydrogens is 179 g/mol. The van der Waals surface area contributed by atoms with Gasteiger partial charge in [-0.05, 0) is 37.1 Å². The van der Waals surface area contributed by atoms with Crippen molar-refractivity contribution in [2.45, 2.75) is 13.8 Å². The molecule has 13 heavy (non-hydrogen) atoms. The molecule has 0 unspecified atom stereocenters. The van der Waals surface area contributed by atoms with Crippen molar-refractivity contribution in [2.75, 3.05) is 0 Å². The Kier molecular flexibility index (Phi) is 4.47. The monoisotopic (exact) mass is 190 g/mol. The van der Waals surface area contributed by atoms with Crippen LogP contribution >= 0.6 is 0 Å². The van der Waals surface area contributed by atoms with E-state index in [9.17, 15) is 9.90 Å². The van der Waals surface area contributed by atoms with E-state index in [1.54, 1.807) is 13.8 Å². The van der Waals surface area contributed by atoms with Crippen LogP contribution in [0.5, 0.6) is 5.75 Å². The topological polar surface area (TPSA) is 57.5 Å². The van der Waals surface area contributed by atoms with Crippen LogP contribution in [0.1, 0.15) is 21.5 Å². The number of hydrogen-bond acceptors (Lipinski definition) is 2. The molecule has 0 bridgehead atoms. The molecule has 0 aliphatic rings. The first-order chi connectivity index (χ1) is 5.54. The zero-order valence-electron chi connectivity index (χ0n) is 6.96. The predicted octanol–water partition coefficient (Wildman–Crippen LogP) is 1.06. The quantitative estimate of drug-likeness (QED) is 0.651. The number of aromatic hydroxyl groups is 1. The molecular formula is C9H11NaO3. The molecule has 0 aromatic heterocycles. The summed E-state index contributed by atoms with van der Waals surface area (Å²) >= 11 is 0. The average molecular weight is 190 g/mol. The van der Waals surface area contributed by atoms with Gasteiger partial charge in [0.2, 0.25) is 0 Å². The Labute approximate surface area is 98.7 Å². The van der Waals surface area contributed by atoms with Crippen LogP contribution in [0.3, 0.4) is 0 Å². The van der Waals surface area contributed by atoms with Gasteiger partial charge < -0.3 is 10.2 Å². The molecule has 0 fully saturated rings. The summed E-state index contributed by atoms with van der Waals surface area (Å²) in [6.07, 6.45) is 0. The van der Waals surface area contributed by atoms with Gasteiger partial charge in [-0.15, -0.1) is 0 Å². The summed E-state index contributed by atoms with van der Waals surface area (Å²) in [6.45, 7) is 3.37. The van der Waals surface area contributed by atoms with Crippen molar-refractivity contribution in [3.05, 3.63) is 28.8 Å². The van der Waals surface area contributed by atoms with E-state index < -0.39 is 5.97 Å². The summed E-state index contributed by atoms with van der Waals surface area (Å²) in [5.41, 5.74) is 1.47. The van der Waals surface area contributed by atoms with Gasteiger partial charge >= 0.3 is 35.5 Å². The summed E-state index contributed by atoms with van der Waals surface area (Å²) in [7, 11) is 0. The van der Waals surface area contributed by atoms with Crippen LogP contribution in [0, 0.1) is 13.8 Å². The van der Waals surface area contributed by atoms with Crippen LogP contribution in [0.2, 0.25) is 0 Å². The van der Waals surface area contributed by atoms with Crippen LogP contribution in [-0.2, 0) is 0 Å². The summed E-state index contributed by atoms with van der Waals surface area (Å²) < 4.78 is 0. The van der Waals surface area contributed by atoms with Gasteiger partial charge in [-0.3, -0.25) is 0 Å². The van der Waals surface area contributed by atoms with E-state index in [1.165, 1.54) is 12.1 Å². The Bertz CT molecular complexity index is 334. The van der Waals surface area contributed by atoms with E-state index >= 15 is 0 Å². The van der Waals surface area contributed by atoms with Gasteiger partial charge in [0, 0.05) is 0 Å². The Morgan fingerprint density at radius 1 is 1.23 bits per heavy atom. The normalized spacial score (nSPS) is 9.08. The molecule has 0 spiro atoms. The van der Waals surface area contributed by atoms with Gasteiger partial charge in [-0.25, -0.2) is 4.79 Å². The molecule has 0 atom stereocenters. The number of carboxylic acids is 1. The molecule has 0 saturated heterocycles. The summed E-state index contributed by atoms with van der Waals surface area (Å²) in [5, 5.41) is 17.9. The molecule has 0 radical (unpaired) electrons. The second-order valence-electron chi connectivity index (χ2n) is 2.69. The van der Waals surface area contributed by atoms with Crippen LogP contribution in [0.4, 0.5) is 0 Å². The third kappa shape index (κ3) is 2.46. The number of carboxylic acid groups (broad SMARTS) is 1. The molecule has 0 aliphatic carbocycles. The maximum absolute atomic E-state index is 10.6. The number of rotatable bonds is 1. The van der Waals surface area contributed by atoms with Crippen molar-refractivity contribution in [3.63, 3.8) is 0 Å². The molecule has 66 valence electrons. The Balaban J connectivity index is 0.00000144. The number of aromatic carboxylic acids is 1. The number of phenolic OH excluding ortho intramolecular Hbond substituents is 1. The Hall–Kier alpha value is -0.510. The van der Waals surface area contributed by atoms with Gasteiger partial charge in [0.1, 0.15) is 5.75 Å². The van der Waals surface area contributed by atoms with Gasteiger partial charge in [0.15, 0.2) is 0 Å². The molecule has 2 N–H and O–H groups in total. The third-order valence-corrected chi connectivity index (χ3v) is 1.99. The van der Waals surface area contributed by atoms with Crippen molar-refractivity contribution in [3.8, 4) is 5.75 Å². The third-order valence-electron chi connectivity index (χ3n) is 1.99. The molecule has 3 nitrogen and oxygen atoms in total. The fraction of sp³-hybridized carbons (Fsp3) is 0.222. The molecule has 1 aromatic rings. The molecule has 0 heterocycles. The van der Waals surface area contributed by atoms with E-state index in [0.29, 0.717) is 11.1 Å². The number of benzene rings is 1. The average Bonchev–Trinajstić information content (AvgIpc) is 2.00. The van der Waals surface area contributed by atoms with Gasteiger partial charge in [0.25, 0.3) is 0 Å². The maximum atomic E-state index is 10.6. The second-order valence-corrected chi connectivity index (χ2v) is 2.69. The van der Waals surface area contributed by atoms with Crippen molar-refractivity contribution >= 4 is 35.5 Å². The SMILES string of the molecule is Cc1c(O)ccc(C(=O)O)c1C.[NaH].